The van der Waals surface area contributed by atoms with E-state index in [1.165, 1.54) is 0 Å². The highest BCUT2D eigenvalue weighted by Crippen LogP contribution is 2.17. The molecule has 0 aliphatic carbocycles. The maximum absolute atomic E-state index is 12.4. The molecule has 1 atom stereocenters. The summed E-state index contributed by atoms with van der Waals surface area (Å²) in [6, 6.07) is 6.27. The van der Waals surface area contributed by atoms with E-state index in [1.54, 1.807) is 38.2 Å². The molecule has 0 amide bonds. The summed E-state index contributed by atoms with van der Waals surface area (Å²) < 4.78 is 32.7. The van der Waals surface area contributed by atoms with Crippen LogP contribution in [0.3, 0.4) is 0 Å². The van der Waals surface area contributed by atoms with Gasteiger partial charge in [-0.05, 0) is 38.6 Å². The maximum atomic E-state index is 12.4. The number of aryl methyl sites for hydroxylation is 1. The highest BCUT2D eigenvalue weighted by Gasteiger charge is 2.21. The molecule has 0 fully saturated rings. The fourth-order valence-electron chi connectivity index (χ4n) is 1.95. The molecule has 1 unspecified atom stereocenters. The number of benzene rings is 1. The summed E-state index contributed by atoms with van der Waals surface area (Å²) in [5, 5.41) is 2.99. The number of oxazole rings is 1. The van der Waals surface area contributed by atoms with E-state index in [9.17, 15) is 8.42 Å². The second-order valence-corrected chi connectivity index (χ2v) is 6.54. The fraction of sp³-hybridized carbons (Fsp3) is 0.357. The third kappa shape index (κ3) is 3.90. The molecule has 1 aromatic heterocycles. The lowest BCUT2D eigenvalue weighted by Gasteiger charge is -2.12. The summed E-state index contributed by atoms with van der Waals surface area (Å²) in [5.41, 5.74) is 0.903. The average Bonchev–Trinajstić information content (AvgIpc) is 2.86. The van der Waals surface area contributed by atoms with Crippen LogP contribution in [0, 0.1) is 6.92 Å². The van der Waals surface area contributed by atoms with Crippen LogP contribution in [-0.2, 0) is 16.6 Å². The van der Waals surface area contributed by atoms with Crippen molar-refractivity contribution in [3.63, 3.8) is 0 Å². The first kappa shape index (κ1) is 15.7. The second kappa shape index (κ2) is 6.38. The van der Waals surface area contributed by atoms with Gasteiger partial charge in [-0.25, -0.2) is 13.4 Å². The zero-order valence-corrected chi connectivity index (χ0v) is 13.1. The molecule has 6 nitrogen and oxygen atoms in total. The maximum Gasteiger partial charge on any atom is 0.241 e. The molecule has 21 heavy (non-hydrogen) atoms. The highest BCUT2D eigenvalue weighted by atomic mass is 32.2. The van der Waals surface area contributed by atoms with Crippen LogP contribution in [-0.4, -0.2) is 20.4 Å². The van der Waals surface area contributed by atoms with Gasteiger partial charge in [-0.1, -0.05) is 12.1 Å². The first-order valence-electron chi connectivity index (χ1n) is 6.60. The first-order valence-corrected chi connectivity index (χ1v) is 8.09. The Kier molecular flexibility index (Phi) is 4.76. The van der Waals surface area contributed by atoms with Gasteiger partial charge in [0.1, 0.15) is 5.76 Å². The minimum Gasteiger partial charge on any atom is -0.444 e. The first-order chi connectivity index (χ1) is 9.92. The highest BCUT2D eigenvalue weighted by molar-refractivity contribution is 7.89. The molecule has 114 valence electrons. The molecule has 2 rings (SSSR count). The Morgan fingerprint density at radius 2 is 2.14 bits per heavy atom. The van der Waals surface area contributed by atoms with E-state index in [2.05, 4.69) is 15.0 Å². The zero-order chi connectivity index (χ0) is 15.5. The van der Waals surface area contributed by atoms with Gasteiger partial charge in [0, 0.05) is 6.54 Å². The molecule has 0 bridgehead atoms. The lowest BCUT2D eigenvalue weighted by molar-refractivity contribution is 0.428. The van der Waals surface area contributed by atoms with Gasteiger partial charge >= 0.3 is 0 Å². The molecule has 7 heteroatoms. The molecule has 0 spiro atoms. The Morgan fingerprint density at radius 3 is 2.76 bits per heavy atom. The number of nitrogens with zero attached hydrogens (tertiary/aromatic N) is 1. The standard InChI is InChI=1S/C14H19N3O3S/c1-10-8-16-14(20-10)11(2)17-21(18,19)13-6-4-5-12(7-13)9-15-3/h4-8,11,15,17H,9H2,1-3H3. The predicted molar refractivity (Wildman–Crippen MR) is 79.2 cm³/mol. The van der Waals surface area contributed by atoms with Crippen molar-refractivity contribution < 1.29 is 12.8 Å². The van der Waals surface area contributed by atoms with Crippen molar-refractivity contribution in [3.05, 3.63) is 47.7 Å². The molecule has 2 aromatic rings. The molecule has 0 saturated carbocycles. The van der Waals surface area contributed by atoms with Crippen molar-refractivity contribution in [2.24, 2.45) is 0 Å². The molecule has 0 aliphatic heterocycles. The Hall–Kier alpha value is -1.70. The summed E-state index contributed by atoms with van der Waals surface area (Å²) in [6.07, 6.45) is 1.56. The molecule has 0 aliphatic rings. The minimum absolute atomic E-state index is 0.227. The van der Waals surface area contributed by atoms with Crippen LogP contribution in [0.15, 0.2) is 39.8 Å². The van der Waals surface area contributed by atoms with Gasteiger partial charge in [-0.2, -0.15) is 4.72 Å². The van der Waals surface area contributed by atoms with Crippen molar-refractivity contribution >= 4 is 10.0 Å². The molecule has 2 N–H and O–H groups in total. The molecule has 0 radical (unpaired) electrons. The van der Waals surface area contributed by atoms with Crippen molar-refractivity contribution in [3.8, 4) is 0 Å². The van der Waals surface area contributed by atoms with Gasteiger partial charge in [-0.15, -0.1) is 0 Å². The Labute approximate surface area is 124 Å². The van der Waals surface area contributed by atoms with Crippen LogP contribution in [0.5, 0.6) is 0 Å². The molecule has 0 saturated heterocycles. The lowest BCUT2D eigenvalue weighted by atomic mass is 10.2. The SMILES string of the molecule is CNCc1cccc(S(=O)(=O)NC(C)c2ncc(C)o2)c1. The monoisotopic (exact) mass is 309 g/mol. The van der Waals surface area contributed by atoms with E-state index in [1.807, 2.05) is 13.1 Å². The third-order valence-electron chi connectivity index (χ3n) is 2.93. The van der Waals surface area contributed by atoms with Crippen LogP contribution in [0.2, 0.25) is 0 Å². The Balaban J connectivity index is 2.19. The normalized spacial score (nSPS) is 13.3. The summed E-state index contributed by atoms with van der Waals surface area (Å²) >= 11 is 0. The van der Waals surface area contributed by atoms with Gasteiger partial charge in [0.05, 0.1) is 17.1 Å². The Morgan fingerprint density at radius 1 is 1.38 bits per heavy atom. The number of aromatic nitrogens is 1. The number of sulfonamides is 1. The van der Waals surface area contributed by atoms with E-state index in [0.717, 1.165) is 5.56 Å². The van der Waals surface area contributed by atoms with E-state index in [4.69, 9.17) is 4.42 Å². The quantitative estimate of drug-likeness (QED) is 0.849. The van der Waals surface area contributed by atoms with Crippen molar-refractivity contribution in [1.82, 2.24) is 15.0 Å². The van der Waals surface area contributed by atoms with Crippen molar-refractivity contribution in [1.29, 1.82) is 0 Å². The molecular formula is C14H19N3O3S. The van der Waals surface area contributed by atoms with Gasteiger partial charge in [0.25, 0.3) is 0 Å². The lowest BCUT2D eigenvalue weighted by Crippen LogP contribution is -2.27. The van der Waals surface area contributed by atoms with Crippen LogP contribution >= 0.6 is 0 Å². The van der Waals surface area contributed by atoms with Gasteiger partial charge in [-0.3, -0.25) is 0 Å². The topological polar surface area (TPSA) is 84.2 Å². The molecular weight excluding hydrogens is 290 g/mol. The molecule has 1 aromatic carbocycles. The largest absolute Gasteiger partial charge is 0.444 e. The summed E-state index contributed by atoms with van der Waals surface area (Å²) in [7, 11) is -1.81. The van der Waals surface area contributed by atoms with E-state index in [-0.39, 0.29) is 4.90 Å². The van der Waals surface area contributed by atoms with Crippen LogP contribution < -0.4 is 10.0 Å². The minimum atomic E-state index is -3.62. The number of hydrogen-bond acceptors (Lipinski definition) is 5. The number of rotatable bonds is 6. The number of nitrogens with one attached hydrogen (secondary N) is 2. The summed E-state index contributed by atoms with van der Waals surface area (Å²) in [4.78, 5) is 4.26. The third-order valence-corrected chi connectivity index (χ3v) is 4.47. The van der Waals surface area contributed by atoms with Crippen molar-refractivity contribution in [2.75, 3.05) is 7.05 Å². The van der Waals surface area contributed by atoms with Crippen LogP contribution in [0.25, 0.3) is 0 Å². The van der Waals surface area contributed by atoms with Gasteiger partial charge in [0.15, 0.2) is 0 Å². The second-order valence-electron chi connectivity index (χ2n) is 4.83. The van der Waals surface area contributed by atoms with Crippen LogP contribution in [0.1, 0.15) is 30.2 Å². The molecule has 1 heterocycles. The van der Waals surface area contributed by atoms with E-state index >= 15 is 0 Å². The summed E-state index contributed by atoms with van der Waals surface area (Å²) in [6.45, 7) is 4.07. The van der Waals surface area contributed by atoms with E-state index < -0.39 is 16.1 Å². The van der Waals surface area contributed by atoms with Gasteiger partial charge < -0.3 is 9.73 Å². The van der Waals surface area contributed by atoms with Crippen LogP contribution in [0.4, 0.5) is 0 Å². The zero-order valence-electron chi connectivity index (χ0n) is 12.3. The smallest absolute Gasteiger partial charge is 0.241 e. The summed E-state index contributed by atoms with van der Waals surface area (Å²) in [5.74, 6) is 0.995. The number of hydrogen-bond donors (Lipinski definition) is 2. The average molecular weight is 309 g/mol. The fourth-order valence-corrected chi connectivity index (χ4v) is 3.22. The Bertz CT molecular complexity index is 710. The predicted octanol–water partition coefficient (Wildman–Crippen LogP) is 1.74. The van der Waals surface area contributed by atoms with Crippen molar-refractivity contribution in [2.45, 2.75) is 31.3 Å². The van der Waals surface area contributed by atoms with Gasteiger partial charge in [0.2, 0.25) is 15.9 Å². The van der Waals surface area contributed by atoms with E-state index in [0.29, 0.717) is 18.2 Å².